The molecule has 5 nitrogen and oxygen atoms in total. The van der Waals surface area contributed by atoms with Crippen LogP contribution < -0.4 is 5.32 Å². The fourth-order valence-corrected chi connectivity index (χ4v) is 5.62. The first kappa shape index (κ1) is 16.5. The van der Waals surface area contributed by atoms with Crippen molar-refractivity contribution in [2.24, 2.45) is 35.5 Å². The third-order valence-electron chi connectivity index (χ3n) is 6.58. The Morgan fingerprint density at radius 2 is 1.62 bits per heavy atom. The number of hydrogen-bond acceptors (Lipinski definition) is 3. The van der Waals surface area contributed by atoms with Crippen LogP contribution in [-0.2, 0) is 14.4 Å². The number of nitrogens with one attached hydrogen (secondary N) is 1. The molecular weight excluding hydrogens is 443 g/mol. The van der Waals surface area contributed by atoms with E-state index in [9.17, 15) is 14.4 Å². The van der Waals surface area contributed by atoms with E-state index in [0.717, 1.165) is 9.99 Å². The minimum Gasteiger partial charge on any atom is -0.324 e. The molecule has 1 aromatic rings. The largest absolute Gasteiger partial charge is 0.324 e. The van der Waals surface area contributed by atoms with Crippen LogP contribution in [0, 0.1) is 39.1 Å². The van der Waals surface area contributed by atoms with E-state index in [4.69, 9.17) is 0 Å². The molecule has 3 fully saturated rings. The lowest BCUT2D eigenvalue weighted by atomic mass is 9.63. The van der Waals surface area contributed by atoms with Gasteiger partial charge in [-0.1, -0.05) is 12.2 Å². The molecule has 2 bridgehead atoms. The summed E-state index contributed by atoms with van der Waals surface area (Å²) < 4.78 is 1.07. The van der Waals surface area contributed by atoms with Gasteiger partial charge in [0.25, 0.3) is 0 Å². The number of amides is 3. The molecule has 6 heteroatoms. The minimum atomic E-state index is -0.796. The Bertz CT molecular complexity index is 813. The molecule has 0 unspecified atom stereocenters. The maximum atomic E-state index is 13.0. The summed E-state index contributed by atoms with van der Waals surface area (Å²) in [6, 6.07) is 6.64. The van der Waals surface area contributed by atoms with Gasteiger partial charge in [0.15, 0.2) is 0 Å². The molecule has 3 amide bonds. The zero-order valence-electron chi connectivity index (χ0n) is 14.3. The van der Waals surface area contributed by atoms with Crippen molar-refractivity contribution in [2.45, 2.75) is 19.4 Å². The maximum Gasteiger partial charge on any atom is 0.247 e. The molecule has 1 aliphatic heterocycles. The topological polar surface area (TPSA) is 66.5 Å². The van der Waals surface area contributed by atoms with Crippen LogP contribution in [0.1, 0.15) is 13.3 Å². The highest BCUT2D eigenvalue weighted by Gasteiger charge is 2.67. The summed E-state index contributed by atoms with van der Waals surface area (Å²) in [5, 5.41) is 2.82. The zero-order valence-corrected chi connectivity index (χ0v) is 16.4. The monoisotopic (exact) mass is 462 g/mol. The van der Waals surface area contributed by atoms with Crippen LogP contribution >= 0.6 is 22.6 Å². The number of anilines is 1. The lowest BCUT2D eigenvalue weighted by Crippen LogP contribution is -2.46. The maximum absolute atomic E-state index is 13.0. The zero-order chi connectivity index (χ0) is 18.2. The number of rotatable bonds is 3. The Morgan fingerprint density at radius 3 is 2.15 bits per heavy atom. The van der Waals surface area contributed by atoms with Crippen LogP contribution in [0.2, 0.25) is 0 Å². The Labute approximate surface area is 165 Å². The molecule has 2 saturated carbocycles. The second kappa shape index (κ2) is 5.65. The number of benzene rings is 1. The number of carbonyl (C=O) groups excluding carboxylic acids is 3. The summed E-state index contributed by atoms with van der Waals surface area (Å²) in [6.07, 6.45) is 5.43. The number of halogens is 1. The Kier molecular flexibility index (Phi) is 3.58. The fraction of sp³-hybridized carbons (Fsp3) is 0.450. The predicted molar refractivity (Wildman–Crippen MR) is 104 cm³/mol. The van der Waals surface area contributed by atoms with Gasteiger partial charge >= 0.3 is 0 Å². The fourth-order valence-electron chi connectivity index (χ4n) is 5.26. The highest BCUT2D eigenvalue weighted by molar-refractivity contribution is 14.1. The van der Waals surface area contributed by atoms with Crippen molar-refractivity contribution in [3.63, 3.8) is 0 Å². The van der Waals surface area contributed by atoms with Crippen molar-refractivity contribution >= 4 is 46.0 Å². The van der Waals surface area contributed by atoms with Crippen molar-refractivity contribution in [2.75, 3.05) is 5.32 Å². The highest BCUT2D eigenvalue weighted by Crippen LogP contribution is 2.65. The van der Waals surface area contributed by atoms with Gasteiger partial charge < -0.3 is 5.32 Å². The smallest absolute Gasteiger partial charge is 0.247 e. The first-order chi connectivity index (χ1) is 12.5. The lowest BCUT2D eigenvalue weighted by molar-refractivity contribution is -0.146. The molecule has 7 atom stereocenters. The van der Waals surface area contributed by atoms with E-state index in [1.807, 2.05) is 24.3 Å². The molecular formula is C20H19IN2O3. The Balaban J connectivity index is 1.37. The number of carbonyl (C=O) groups is 3. The van der Waals surface area contributed by atoms with E-state index in [-0.39, 0.29) is 41.4 Å². The number of imide groups is 1. The summed E-state index contributed by atoms with van der Waals surface area (Å²) in [4.78, 5) is 40.0. The lowest BCUT2D eigenvalue weighted by Gasteiger charge is -2.37. The second-order valence-corrected chi connectivity index (χ2v) is 9.12. The number of hydrogen-bond donors (Lipinski definition) is 1. The van der Waals surface area contributed by atoms with E-state index in [0.29, 0.717) is 17.5 Å². The first-order valence-corrected chi connectivity index (χ1v) is 10.2. The van der Waals surface area contributed by atoms with E-state index >= 15 is 0 Å². The van der Waals surface area contributed by atoms with Gasteiger partial charge in [0.2, 0.25) is 17.7 Å². The van der Waals surface area contributed by atoms with Crippen LogP contribution in [0.5, 0.6) is 0 Å². The summed E-state index contributed by atoms with van der Waals surface area (Å²) >= 11 is 2.20. The highest BCUT2D eigenvalue weighted by atomic mass is 127. The molecule has 4 aliphatic carbocycles. The molecule has 6 rings (SSSR count). The van der Waals surface area contributed by atoms with E-state index in [1.54, 1.807) is 6.92 Å². The normalized spacial score (nSPS) is 37.4. The van der Waals surface area contributed by atoms with Crippen LogP contribution in [-0.4, -0.2) is 28.7 Å². The van der Waals surface area contributed by atoms with E-state index in [1.165, 1.54) is 4.90 Å². The van der Waals surface area contributed by atoms with Crippen molar-refractivity contribution in [3.05, 3.63) is 40.0 Å². The average molecular weight is 462 g/mol. The van der Waals surface area contributed by atoms with Crippen LogP contribution in [0.3, 0.4) is 0 Å². The summed E-state index contributed by atoms with van der Waals surface area (Å²) in [5.74, 6) is 0.357. The summed E-state index contributed by atoms with van der Waals surface area (Å²) in [6.45, 7) is 1.64. The molecule has 1 saturated heterocycles. The second-order valence-electron chi connectivity index (χ2n) is 7.87. The van der Waals surface area contributed by atoms with Gasteiger partial charge in [-0.25, -0.2) is 0 Å². The molecule has 0 spiro atoms. The molecule has 5 aliphatic rings. The average Bonchev–Trinajstić information content (AvgIpc) is 3.41. The van der Waals surface area contributed by atoms with Gasteiger partial charge in [-0.3, -0.25) is 19.3 Å². The molecule has 1 heterocycles. The van der Waals surface area contributed by atoms with Crippen molar-refractivity contribution in [3.8, 4) is 0 Å². The van der Waals surface area contributed by atoms with Crippen LogP contribution in [0.25, 0.3) is 0 Å². The Morgan fingerprint density at radius 1 is 1.08 bits per heavy atom. The molecule has 0 radical (unpaired) electrons. The van der Waals surface area contributed by atoms with E-state index < -0.39 is 6.04 Å². The minimum absolute atomic E-state index is 0.157. The quantitative estimate of drug-likeness (QED) is 0.427. The van der Waals surface area contributed by atoms with E-state index in [2.05, 4.69) is 40.1 Å². The van der Waals surface area contributed by atoms with Crippen molar-refractivity contribution in [1.82, 2.24) is 4.90 Å². The molecule has 134 valence electrons. The summed E-state index contributed by atoms with van der Waals surface area (Å²) in [7, 11) is 0. The third-order valence-corrected chi connectivity index (χ3v) is 7.29. The van der Waals surface area contributed by atoms with Gasteiger partial charge in [-0.2, -0.15) is 0 Å². The third kappa shape index (κ3) is 2.23. The van der Waals surface area contributed by atoms with Gasteiger partial charge in [0.05, 0.1) is 11.8 Å². The van der Waals surface area contributed by atoms with Crippen molar-refractivity contribution < 1.29 is 14.4 Å². The van der Waals surface area contributed by atoms with Crippen LogP contribution in [0.15, 0.2) is 36.4 Å². The number of likely N-dealkylation sites (tertiary alicyclic amines) is 1. The van der Waals surface area contributed by atoms with Gasteiger partial charge in [-0.05, 0) is 83.9 Å². The summed E-state index contributed by atoms with van der Waals surface area (Å²) in [5.41, 5.74) is 0.668. The van der Waals surface area contributed by atoms with Crippen molar-refractivity contribution in [1.29, 1.82) is 0 Å². The van der Waals surface area contributed by atoms with Crippen LogP contribution in [0.4, 0.5) is 5.69 Å². The number of allylic oxidation sites excluding steroid dienone is 2. The van der Waals surface area contributed by atoms with Gasteiger partial charge in [0, 0.05) is 9.26 Å². The first-order valence-electron chi connectivity index (χ1n) is 9.09. The van der Waals surface area contributed by atoms with Gasteiger partial charge in [0.1, 0.15) is 6.04 Å². The molecule has 1 N–H and O–H groups in total. The number of nitrogens with zero attached hydrogens (tertiary/aromatic N) is 1. The van der Waals surface area contributed by atoms with Gasteiger partial charge in [-0.15, -0.1) is 0 Å². The molecule has 1 aromatic carbocycles. The molecule has 26 heavy (non-hydrogen) atoms. The molecule has 0 aromatic heterocycles. The predicted octanol–water partition coefficient (Wildman–Crippen LogP) is 2.67. The Hall–Kier alpha value is -1.70. The standard InChI is InChI=1S/C20H19IN2O3/c1-9(18(24)22-11-4-2-10(21)3-5-11)23-19(25)16-12-6-7-13(15-8-14(12)15)17(16)20(23)26/h2-7,9,12-17H,8H2,1H3,(H,22,24)/t9-,12+,13+,14-,15+,16-,17-/m1/s1. The SMILES string of the molecule is C[C@H](C(=O)Nc1ccc(I)cc1)N1C(=O)[C@@H]2[C@H]3C=C[C@@H]([C@@H]4C[C@H]34)[C@H]2C1=O.